The Morgan fingerprint density at radius 1 is 1.07 bits per heavy atom. The van der Waals surface area contributed by atoms with Crippen molar-refractivity contribution in [3.05, 3.63) is 12.7 Å². The lowest BCUT2D eigenvalue weighted by molar-refractivity contribution is -0.861. The van der Waals surface area contributed by atoms with Gasteiger partial charge in [-0.15, -0.1) is 6.58 Å². The molecule has 1 aliphatic rings. The van der Waals surface area contributed by atoms with Crippen molar-refractivity contribution in [2.45, 2.75) is 110 Å². The van der Waals surface area contributed by atoms with E-state index >= 15 is 0 Å². The smallest absolute Gasteiger partial charge is 0.221 e. The van der Waals surface area contributed by atoms with Crippen LogP contribution in [0, 0.1) is 0 Å². The number of nitrogens with zero attached hydrogens (tertiary/aromatic N) is 2. The molecule has 0 radical (unpaired) electrons. The van der Waals surface area contributed by atoms with Gasteiger partial charge in [-0.25, -0.2) is 4.99 Å². The summed E-state index contributed by atoms with van der Waals surface area (Å²) in [4.78, 5) is 16.3. The molecular weight excluding hydrogens is 346 g/mol. The van der Waals surface area contributed by atoms with Crippen molar-refractivity contribution in [1.29, 1.82) is 0 Å². The molecule has 0 aliphatic carbocycles. The summed E-state index contributed by atoms with van der Waals surface area (Å²) >= 11 is 0. The van der Waals surface area contributed by atoms with Crippen molar-refractivity contribution in [2.75, 3.05) is 19.6 Å². The number of carbonyl (C=O) groups is 1. The zero-order valence-corrected chi connectivity index (χ0v) is 19.0. The molecule has 1 amide bonds. The van der Waals surface area contributed by atoms with Crippen molar-refractivity contribution >= 4 is 11.7 Å². The Morgan fingerprint density at radius 2 is 1.61 bits per heavy atom. The van der Waals surface area contributed by atoms with Crippen molar-refractivity contribution in [3.8, 4) is 0 Å². The van der Waals surface area contributed by atoms with E-state index in [1.54, 1.807) is 6.92 Å². The van der Waals surface area contributed by atoms with Crippen LogP contribution in [-0.4, -0.2) is 42.0 Å². The molecule has 1 N–H and O–H groups in total. The topological polar surface area (TPSA) is 41.5 Å². The summed E-state index contributed by atoms with van der Waals surface area (Å²) in [5.74, 6) is 1.36. The lowest BCUT2D eigenvalue weighted by Crippen LogP contribution is -2.62. The second kappa shape index (κ2) is 14.8. The first-order valence-corrected chi connectivity index (χ1v) is 11.9. The van der Waals surface area contributed by atoms with Gasteiger partial charge in [0.25, 0.3) is 0 Å². The molecule has 0 fully saturated rings. The van der Waals surface area contributed by atoms with E-state index in [0.717, 1.165) is 30.5 Å². The maximum absolute atomic E-state index is 11.5. The molecule has 28 heavy (non-hydrogen) atoms. The molecule has 0 bridgehead atoms. The van der Waals surface area contributed by atoms with Crippen molar-refractivity contribution < 1.29 is 9.28 Å². The predicted octanol–water partition coefficient (Wildman–Crippen LogP) is 5.97. The first-order valence-electron chi connectivity index (χ1n) is 11.9. The van der Waals surface area contributed by atoms with Crippen molar-refractivity contribution in [2.24, 2.45) is 4.99 Å². The fraction of sp³-hybridized carbons (Fsp3) is 0.833. The number of aliphatic imine (C=N–C) groups is 1. The van der Waals surface area contributed by atoms with Crippen LogP contribution in [0.15, 0.2) is 17.6 Å². The number of hydrogen-bond acceptors (Lipinski definition) is 2. The molecule has 0 aromatic rings. The van der Waals surface area contributed by atoms with Crippen LogP contribution in [0.4, 0.5) is 0 Å². The van der Waals surface area contributed by atoms with Gasteiger partial charge in [0.1, 0.15) is 6.54 Å². The number of hydrogen-bond donors (Lipinski definition) is 1. The molecule has 0 aromatic carbocycles. The number of likely N-dealkylation sites (N-methyl/N-ethyl adjacent to an activating group) is 1. The highest BCUT2D eigenvalue weighted by atomic mass is 16.1. The summed E-state index contributed by atoms with van der Waals surface area (Å²) in [5, 5.41) is 3.10. The van der Waals surface area contributed by atoms with Crippen LogP contribution < -0.4 is 5.32 Å². The van der Waals surface area contributed by atoms with Gasteiger partial charge in [0.2, 0.25) is 5.91 Å². The van der Waals surface area contributed by atoms with Crippen LogP contribution in [-0.2, 0) is 4.79 Å². The van der Waals surface area contributed by atoms with E-state index in [1.165, 1.54) is 82.9 Å². The molecule has 0 saturated carbocycles. The Bertz CT molecular complexity index is 474. The molecule has 1 heterocycles. The van der Waals surface area contributed by atoms with Gasteiger partial charge in [-0.05, 0) is 26.2 Å². The molecular formula is C24H46N3O+. The minimum Gasteiger partial charge on any atom is -0.307 e. The lowest BCUT2D eigenvalue weighted by atomic mass is 10.0. The van der Waals surface area contributed by atoms with Gasteiger partial charge in [0, 0.05) is 20.3 Å². The van der Waals surface area contributed by atoms with Crippen molar-refractivity contribution in [1.82, 2.24) is 5.32 Å². The minimum absolute atomic E-state index is 0.0569. The molecule has 1 rings (SSSR count). The quantitative estimate of drug-likeness (QED) is 0.185. The number of amidine groups is 1. The highest BCUT2D eigenvalue weighted by molar-refractivity contribution is 5.78. The van der Waals surface area contributed by atoms with Gasteiger partial charge in [-0.2, -0.15) is 0 Å². The standard InChI is InChI=1S/C24H45N3O/c1-5-7-8-9-10-11-12-13-14-15-16-17-18-19-24-25-20-21-27(24,6-2)22(3)26-23(4)28/h5,22H,1,6-21H2,2-4H3/p+1. The molecule has 1 aliphatic heterocycles. The molecule has 2 unspecified atom stereocenters. The average Bonchev–Trinajstić information content (AvgIpc) is 3.09. The summed E-state index contributed by atoms with van der Waals surface area (Å²) in [6.45, 7) is 12.7. The van der Waals surface area contributed by atoms with Gasteiger partial charge >= 0.3 is 0 Å². The van der Waals surface area contributed by atoms with E-state index in [-0.39, 0.29) is 12.1 Å². The van der Waals surface area contributed by atoms with E-state index in [2.05, 4.69) is 25.7 Å². The summed E-state index contributed by atoms with van der Waals surface area (Å²) in [5.41, 5.74) is 0. The van der Waals surface area contributed by atoms with Gasteiger partial charge in [0.05, 0.1) is 13.1 Å². The third kappa shape index (κ3) is 8.89. The number of amides is 1. The normalized spacial score (nSPS) is 20.0. The fourth-order valence-corrected chi connectivity index (χ4v) is 4.54. The van der Waals surface area contributed by atoms with Crippen LogP contribution >= 0.6 is 0 Å². The van der Waals surface area contributed by atoms with E-state index < -0.39 is 0 Å². The molecule has 2 atom stereocenters. The van der Waals surface area contributed by atoms with Crippen LogP contribution in [0.5, 0.6) is 0 Å². The Kier molecular flexibility index (Phi) is 13.1. The first kappa shape index (κ1) is 24.9. The van der Waals surface area contributed by atoms with E-state index in [0.29, 0.717) is 0 Å². The van der Waals surface area contributed by atoms with Crippen LogP contribution in [0.25, 0.3) is 0 Å². The summed E-state index contributed by atoms with van der Waals surface area (Å²) < 4.78 is 0.854. The second-order valence-electron chi connectivity index (χ2n) is 8.46. The molecule has 162 valence electrons. The molecule has 4 nitrogen and oxygen atoms in total. The summed E-state index contributed by atoms with van der Waals surface area (Å²) in [6, 6.07) is 0. The lowest BCUT2D eigenvalue weighted by Gasteiger charge is -2.39. The predicted molar refractivity (Wildman–Crippen MR) is 121 cm³/mol. The number of carbonyl (C=O) groups excluding carboxylic acids is 1. The van der Waals surface area contributed by atoms with Gasteiger partial charge < -0.3 is 5.32 Å². The minimum atomic E-state index is 0.0569. The number of quaternary nitrogens is 1. The molecule has 0 spiro atoms. The fourth-order valence-electron chi connectivity index (χ4n) is 4.54. The zero-order valence-electron chi connectivity index (χ0n) is 19.0. The van der Waals surface area contributed by atoms with Crippen LogP contribution in [0.2, 0.25) is 0 Å². The Labute approximate surface area is 174 Å². The third-order valence-electron chi connectivity index (χ3n) is 6.33. The monoisotopic (exact) mass is 392 g/mol. The largest absolute Gasteiger partial charge is 0.307 e. The Hall–Kier alpha value is -1.16. The zero-order chi connectivity index (χ0) is 20.7. The summed E-state index contributed by atoms with van der Waals surface area (Å²) in [7, 11) is 0. The Balaban J connectivity index is 2.10. The molecule has 0 aromatic heterocycles. The van der Waals surface area contributed by atoms with Gasteiger partial charge in [-0.1, -0.05) is 63.9 Å². The highest BCUT2D eigenvalue weighted by Gasteiger charge is 2.41. The molecule has 4 heteroatoms. The maximum atomic E-state index is 11.5. The molecule has 0 saturated heterocycles. The average molecular weight is 393 g/mol. The van der Waals surface area contributed by atoms with E-state index in [1.807, 2.05) is 6.08 Å². The van der Waals surface area contributed by atoms with E-state index in [9.17, 15) is 4.79 Å². The number of unbranched alkanes of at least 4 members (excludes halogenated alkanes) is 11. The highest BCUT2D eigenvalue weighted by Crippen LogP contribution is 2.23. The van der Waals surface area contributed by atoms with E-state index in [4.69, 9.17) is 4.99 Å². The van der Waals surface area contributed by atoms with Crippen LogP contribution in [0.3, 0.4) is 0 Å². The number of rotatable bonds is 17. The summed E-state index contributed by atoms with van der Waals surface area (Å²) in [6.07, 6.45) is 19.4. The SMILES string of the molecule is C=CCCCCCCCCCCCCCC1=NCC[N+]1(CC)C(C)NC(C)=O. The van der Waals surface area contributed by atoms with Gasteiger partial charge in [-0.3, -0.25) is 9.28 Å². The Morgan fingerprint density at radius 3 is 2.11 bits per heavy atom. The maximum Gasteiger partial charge on any atom is 0.221 e. The van der Waals surface area contributed by atoms with Crippen molar-refractivity contribution in [3.63, 3.8) is 0 Å². The second-order valence-corrected chi connectivity index (χ2v) is 8.46. The third-order valence-corrected chi connectivity index (χ3v) is 6.33. The first-order chi connectivity index (χ1) is 13.6. The van der Waals surface area contributed by atoms with Crippen LogP contribution in [0.1, 0.15) is 104 Å². The number of nitrogens with one attached hydrogen (secondary N) is 1. The number of allylic oxidation sites excluding steroid dienone is 1. The van der Waals surface area contributed by atoms with Gasteiger partial charge in [0.15, 0.2) is 12.0 Å².